The lowest BCUT2D eigenvalue weighted by Gasteiger charge is -2.35. The van der Waals surface area contributed by atoms with Crippen LogP contribution in [0.1, 0.15) is 19.4 Å². The summed E-state index contributed by atoms with van der Waals surface area (Å²) in [5.74, 6) is 1.52. The van der Waals surface area contributed by atoms with Crippen LogP contribution < -0.4 is 4.74 Å². The van der Waals surface area contributed by atoms with Gasteiger partial charge in [-0.05, 0) is 25.0 Å². The Hall–Kier alpha value is -1.55. The van der Waals surface area contributed by atoms with Crippen molar-refractivity contribution in [3.05, 3.63) is 29.8 Å². The molecule has 0 aromatic heterocycles. The molecule has 1 aliphatic heterocycles. The van der Waals surface area contributed by atoms with Crippen molar-refractivity contribution in [3.8, 4) is 5.75 Å². The highest BCUT2D eigenvalue weighted by atomic mass is 16.5. The lowest BCUT2D eigenvalue weighted by molar-refractivity contribution is -0.135. The molecule has 4 heteroatoms. The zero-order valence-corrected chi connectivity index (χ0v) is 13.3. The van der Waals surface area contributed by atoms with Crippen molar-refractivity contribution in [2.24, 2.45) is 5.92 Å². The van der Waals surface area contributed by atoms with Crippen LogP contribution in [0.25, 0.3) is 0 Å². The van der Waals surface area contributed by atoms with Crippen molar-refractivity contribution in [3.63, 3.8) is 0 Å². The normalized spacial score (nSPS) is 16.3. The Morgan fingerprint density at radius 3 is 2.33 bits per heavy atom. The highest BCUT2D eigenvalue weighted by Crippen LogP contribution is 2.12. The molecule has 0 atom stereocenters. The van der Waals surface area contributed by atoms with E-state index in [2.05, 4.69) is 18.7 Å². The molecule has 1 aliphatic rings. The second kappa shape index (κ2) is 7.46. The number of aryl methyl sites for hydroxylation is 1. The maximum Gasteiger partial charge on any atom is 0.260 e. The van der Waals surface area contributed by atoms with Crippen molar-refractivity contribution < 1.29 is 9.53 Å². The Morgan fingerprint density at radius 1 is 1.14 bits per heavy atom. The first-order valence-electron chi connectivity index (χ1n) is 7.74. The molecule has 2 rings (SSSR count). The van der Waals surface area contributed by atoms with Gasteiger partial charge in [0.25, 0.3) is 5.91 Å². The van der Waals surface area contributed by atoms with Gasteiger partial charge in [0, 0.05) is 32.7 Å². The molecular weight excluding hydrogens is 264 g/mol. The van der Waals surface area contributed by atoms with Crippen molar-refractivity contribution in [1.82, 2.24) is 9.80 Å². The van der Waals surface area contributed by atoms with E-state index in [1.54, 1.807) is 0 Å². The predicted molar refractivity (Wildman–Crippen MR) is 84.5 cm³/mol. The minimum absolute atomic E-state index is 0.0831. The third-order valence-electron chi connectivity index (χ3n) is 3.73. The molecule has 0 spiro atoms. The van der Waals surface area contributed by atoms with Gasteiger partial charge in [0.05, 0.1) is 0 Å². The summed E-state index contributed by atoms with van der Waals surface area (Å²) in [5, 5.41) is 0. The average molecular weight is 290 g/mol. The van der Waals surface area contributed by atoms with Gasteiger partial charge in [-0.1, -0.05) is 31.5 Å². The number of benzene rings is 1. The number of hydrogen-bond acceptors (Lipinski definition) is 3. The summed E-state index contributed by atoms with van der Waals surface area (Å²) < 4.78 is 5.56. The van der Waals surface area contributed by atoms with Gasteiger partial charge in [0.2, 0.25) is 0 Å². The van der Waals surface area contributed by atoms with Crippen LogP contribution >= 0.6 is 0 Å². The second-order valence-corrected chi connectivity index (χ2v) is 6.18. The molecule has 21 heavy (non-hydrogen) atoms. The third kappa shape index (κ3) is 5.05. The number of rotatable bonds is 5. The molecule has 1 aromatic rings. The van der Waals surface area contributed by atoms with E-state index in [0.29, 0.717) is 5.92 Å². The van der Waals surface area contributed by atoms with E-state index < -0.39 is 0 Å². The van der Waals surface area contributed by atoms with Gasteiger partial charge in [-0.25, -0.2) is 0 Å². The SMILES string of the molecule is Cc1ccc(OCC(=O)N2CCN(CC(C)C)CC2)cc1. The zero-order valence-electron chi connectivity index (χ0n) is 13.3. The minimum Gasteiger partial charge on any atom is -0.484 e. The first kappa shape index (κ1) is 15.8. The van der Waals surface area contributed by atoms with Crippen LogP contribution in [-0.4, -0.2) is 55.0 Å². The summed E-state index contributed by atoms with van der Waals surface area (Å²) in [7, 11) is 0. The predicted octanol–water partition coefficient (Wildman–Crippen LogP) is 2.17. The topological polar surface area (TPSA) is 32.8 Å². The molecule has 1 heterocycles. The smallest absolute Gasteiger partial charge is 0.260 e. The number of ether oxygens (including phenoxy) is 1. The maximum atomic E-state index is 12.1. The Kier molecular flexibility index (Phi) is 5.62. The first-order chi connectivity index (χ1) is 10.0. The van der Waals surface area contributed by atoms with E-state index >= 15 is 0 Å². The van der Waals surface area contributed by atoms with Gasteiger partial charge in [-0.3, -0.25) is 9.69 Å². The molecule has 1 aromatic carbocycles. The quantitative estimate of drug-likeness (QED) is 0.833. The summed E-state index contributed by atoms with van der Waals surface area (Å²) in [4.78, 5) is 16.5. The van der Waals surface area contributed by atoms with Crippen LogP contribution in [0.2, 0.25) is 0 Å². The molecule has 4 nitrogen and oxygen atoms in total. The average Bonchev–Trinajstić information content (AvgIpc) is 2.46. The van der Waals surface area contributed by atoms with Crippen LogP contribution in [0.15, 0.2) is 24.3 Å². The molecule has 0 radical (unpaired) electrons. The van der Waals surface area contributed by atoms with Gasteiger partial charge in [-0.2, -0.15) is 0 Å². The van der Waals surface area contributed by atoms with E-state index in [0.717, 1.165) is 38.5 Å². The van der Waals surface area contributed by atoms with Gasteiger partial charge < -0.3 is 9.64 Å². The molecule has 0 bridgehead atoms. The van der Waals surface area contributed by atoms with Crippen LogP contribution in [0.3, 0.4) is 0 Å². The molecule has 1 fully saturated rings. The van der Waals surface area contributed by atoms with Gasteiger partial charge in [-0.15, -0.1) is 0 Å². The van der Waals surface area contributed by atoms with Gasteiger partial charge in [0.1, 0.15) is 5.75 Å². The summed E-state index contributed by atoms with van der Waals surface area (Å²) in [6.45, 7) is 11.3. The highest BCUT2D eigenvalue weighted by Gasteiger charge is 2.21. The largest absolute Gasteiger partial charge is 0.484 e. The Bertz CT molecular complexity index is 448. The van der Waals surface area contributed by atoms with Crippen LogP contribution in [0.5, 0.6) is 5.75 Å². The fourth-order valence-corrected chi connectivity index (χ4v) is 2.57. The highest BCUT2D eigenvalue weighted by molar-refractivity contribution is 5.77. The Labute approximate surface area is 127 Å². The third-order valence-corrected chi connectivity index (χ3v) is 3.73. The first-order valence-corrected chi connectivity index (χ1v) is 7.74. The zero-order chi connectivity index (χ0) is 15.2. The van der Waals surface area contributed by atoms with Gasteiger partial charge >= 0.3 is 0 Å². The van der Waals surface area contributed by atoms with Crippen LogP contribution in [-0.2, 0) is 4.79 Å². The molecule has 1 saturated heterocycles. The number of hydrogen-bond donors (Lipinski definition) is 0. The lowest BCUT2D eigenvalue weighted by Crippen LogP contribution is -2.50. The van der Waals surface area contributed by atoms with E-state index in [9.17, 15) is 4.79 Å². The summed E-state index contributed by atoms with van der Waals surface area (Å²) in [6.07, 6.45) is 0. The van der Waals surface area contributed by atoms with E-state index in [4.69, 9.17) is 4.74 Å². The molecule has 0 N–H and O–H groups in total. The number of carbonyl (C=O) groups excluding carboxylic acids is 1. The number of piperazine rings is 1. The maximum absolute atomic E-state index is 12.1. The number of amides is 1. The molecule has 1 amide bonds. The van der Waals surface area contributed by atoms with Crippen molar-refractivity contribution in [2.75, 3.05) is 39.3 Å². The van der Waals surface area contributed by atoms with Gasteiger partial charge in [0.15, 0.2) is 6.61 Å². The second-order valence-electron chi connectivity index (χ2n) is 6.18. The van der Waals surface area contributed by atoms with Crippen LogP contribution in [0.4, 0.5) is 0 Å². The van der Waals surface area contributed by atoms with E-state index in [1.807, 2.05) is 36.1 Å². The molecule has 116 valence electrons. The standard InChI is InChI=1S/C17H26N2O2/c1-14(2)12-18-8-10-19(11-9-18)17(20)13-21-16-6-4-15(3)5-7-16/h4-7,14H,8-13H2,1-3H3. The number of nitrogens with zero attached hydrogens (tertiary/aromatic N) is 2. The fourth-order valence-electron chi connectivity index (χ4n) is 2.57. The Balaban J connectivity index is 1.73. The molecule has 0 aliphatic carbocycles. The number of carbonyl (C=O) groups is 1. The fraction of sp³-hybridized carbons (Fsp3) is 0.588. The molecular formula is C17H26N2O2. The van der Waals surface area contributed by atoms with Crippen molar-refractivity contribution in [2.45, 2.75) is 20.8 Å². The minimum atomic E-state index is 0.0831. The van der Waals surface area contributed by atoms with Crippen molar-refractivity contribution >= 4 is 5.91 Å². The van der Waals surface area contributed by atoms with Crippen molar-refractivity contribution in [1.29, 1.82) is 0 Å². The van der Waals surface area contributed by atoms with E-state index in [1.165, 1.54) is 5.56 Å². The summed E-state index contributed by atoms with van der Waals surface area (Å²) in [5.41, 5.74) is 1.19. The summed E-state index contributed by atoms with van der Waals surface area (Å²) in [6, 6.07) is 7.79. The van der Waals surface area contributed by atoms with E-state index in [-0.39, 0.29) is 12.5 Å². The lowest BCUT2D eigenvalue weighted by atomic mass is 10.2. The Morgan fingerprint density at radius 2 is 1.76 bits per heavy atom. The molecule has 0 unspecified atom stereocenters. The summed E-state index contributed by atoms with van der Waals surface area (Å²) >= 11 is 0. The monoisotopic (exact) mass is 290 g/mol. The van der Waals surface area contributed by atoms with Crippen LogP contribution in [0, 0.1) is 12.8 Å². The molecule has 0 saturated carbocycles.